The number of aliphatic hydroxyl groups excluding tert-OH is 1. The minimum Gasteiger partial charge on any atom is -0.481 e. The number of guanidine groups is 3. The first-order valence-corrected chi connectivity index (χ1v) is 42.2. The summed E-state index contributed by atoms with van der Waals surface area (Å²) < 4.78 is 0. The van der Waals surface area contributed by atoms with E-state index in [0.717, 1.165) is 33.4 Å². The summed E-state index contributed by atoms with van der Waals surface area (Å²) in [5.41, 5.74) is 38.8. The van der Waals surface area contributed by atoms with Gasteiger partial charge in [0.2, 0.25) is 94.5 Å². The van der Waals surface area contributed by atoms with E-state index in [4.69, 9.17) is 40.1 Å². The first-order chi connectivity index (χ1) is 55.6. The zero-order chi connectivity index (χ0) is 88.6. The molecular weight excluding hydrogens is 1610 g/mol. The molecular formula is C69H117N25O21S3. The Hall–Kier alpha value is -10.7. The molecule has 662 valence electrons. The molecule has 0 aromatic rings. The predicted octanol–water partition coefficient (Wildman–Crippen LogP) is -9.23. The number of aliphatic imine (C=N–C) groups is 3. The normalized spacial score (nSPS) is 21.5. The number of fused-ring (bicyclic) bond motifs is 1. The van der Waals surface area contributed by atoms with Crippen LogP contribution in [0.2, 0.25) is 0 Å². The van der Waals surface area contributed by atoms with E-state index in [1.54, 1.807) is 34.0 Å². The Kier molecular flexibility index (Phi) is 44.9. The lowest BCUT2D eigenvalue weighted by Crippen LogP contribution is -2.61. The number of carboxylic acid groups (broad SMARTS) is 2. The minimum atomic E-state index is -1.98. The lowest BCUT2D eigenvalue weighted by atomic mass is 10.0. The van der Waals surface area contributed by atoms with Gasteiger partial charge in [-0.1, -0.05) is 49.3 Å². The van der Waals surface area contributed by atoms with Gasteiger partial charge in [-0.25, -0.2) is 0 Å². The highest BCUT2D eigenvalue weighted by Crippen LogP contribution is 2.26. The van der Waals surface area contributed by atoms with Gasteiger partial charge in [-0.05, 0) is 114 Å². The van der Waals surface area contributed by atoms with Crippen molar-refractivity contribution in [3.05, 3.63) is 0 Å². The fourth-order valence-electron chi connectivity index (χ4n) is 12.4. The molecule has 0 bridgehead atoms. The van der Waals surface area contributed by atoms with E-state index in [-0.39, 0.29) is 146 Å². The molecule has 0 saturated carbocycles. The number of hydrogen-bond acceptors (Lipinski definition) is 25. The number of amides is 16. The third-order valence-electron chi connectivity index (χ3n) is 18.2. The number of carboxylic acids is 2. The van der Waals surface area contributed by atoms with Crippen LogP contribution in [0, 0.1) is 11.8 Å². The van der Waals surface area contributed by atoms with E-state index in [0.29, 0.717) is 0 Å². The van der Waals surface area contributed by atoms with Crippen molar-refractivity contribution in [2.45, 2.75) is 222 Å². The maximum atomic E-state index is 15.2. The molecule has 3 saturated heterocycles. The van der Waals surface area contributed by atoms with Crippen molar-refractivity contribution < 1.29 is 102 Å². The van der Waals surface area contributed by atoms with Gasteiger partial charge in [0, 0.05) is 51.2 Å². The standard InChI is InChI=1S/C69H117N25O21S3/c1-33(2)25-41(88-54(103)35(5)81-60(109)45(30-95)91-59(108)43(27-51(98)99)82-36(6)96)58(107)92-47-32-118-117-31-46(61(110)90-44(28-52(100)101)66(115)94-23-12-16-48(94)63(112)84-37(53(70)102)13-8-19-77-67(71)72)83-50(97)29-80-55(104)38(14-9-20-78-68(73)74)85-57(106)42(26-34(3)4)89-56(105)39(15-10-21-79-69(75)76)86-64(113)49-17-11-22-93(49)65(114)40(18-24-116-7)87-62(47)111/h33-35,37-49,95H,8-32H2,1-7H3,(H2,70,102)(H,80,104)(H,81,109)(H,82,96)(H,83,97)(H,84,112)(H,85,106)(H,86,113)(H,87,111)(H,88,103)(H,89,105)(H,90,110)(H,91,108)(H,92,107)(H,98,99)(H,100,101)(H4,71,72,77)(H4,73,74,78)(H4,75,76,79)/t35-,37-,38-,39-,40-,41-,42-,43-,44-,45-,46-,47-,48-,49-/m0/s1. The average molecular weight is 1730 g/mol. The molecule has 3 heterocycles. The molecule has 118 heavy (non-hydrogen) atoms. The molecule has 0 spiro atoms. The number of thioether (sulfide) groups is 1. The Morgan fingerprint density at radius 2 is 1.08 bits per heavy atom. The summed E-state index contributed by atoms with van der Waals surface area (Å²) in [5.74, 6) is -21.4. The topological polar surface area (TPSA) is 750 Å². The third-order valence-corrected chi connectivity index (χ3v) is 21.3. The number of likely N-dealkylation sites (tertiary alicyclic amines) is 1. The van der Waals surface area contributed by atoms with E-state index in [1.165, 1.54) is 23.6 Å². The maximum Gasteiger partial charge on any atom is 0.305 e. The van der Waals surface area contributed by atoms with Crippen LogP contribution in [-0.2, 0) is 86.3 Å². The molecule has 46 nitrogen and oxygen atoms in total. The molecule has 3 fully saturated rings. The molecule has 3 aliphatic rings. The van der Waals surface area contributed by atoms with Crippen molar-refractivity contribution in [1.82, 2.24) is 78.9 Å². The molecule has 3 aliphatic heterocycles. The molecule has 49 heteroatoms. The molecule has 16 amide bonds. The maximum absolute atomic E-state index is 15.2. The molecule has 0 radical (unpaired) electrons. The van der Waals surface area contributed by atoms with Crippen LogP contribution in [0.5, 0.6) is 0 Å². The van der Waals surface area contributed by atoms with Crippen LogP contribution in [0.4, 0.5) is 0 Å². The van der Waals surface area contributed by atoms with Crippen LogP contribution in [0.15, 0.2) is 15.0 Å². The highest BCUT2D eigenvalue weighted by atomic mass is 33.1. The van der Waals surface area contributed by atoms with Gasteiger partial charge in [-0.3, -0.25) is 101 Å². The van der Waals surface area contributed by atoms with Crippen molar-refractivity contribution in [3.63, 3.8) is 0 Å². The van der Waals surface area contributed by atoms with E-state index in [2.05, 4.69) is 84.1 Å². The van der Waals surface area contributed by atoms with Crippen molar-refractivity contribution in [1.29, 1.82) is 0 Å². The molecule has 14 atom stereocenters. The van der Waals surface area contributed by atoms with Gasteiger partial charge in [-0.15, -0.1) is 0 Å². The minimum absolute atomic E-state index is 0.00191. The van der Waals surface area contributed by atoms with E-state index in [9.17, 15) is 92.0 Å². The second-order valence-corrected chi connectivity index (χ2v) is 32.5. The Balaban J connectivity index is 2.30. The van der Waals surface area contributed by atoms with Gasteiger partial charge in [0.25, 0.3) is 0 Å². The van der Waals surface area contributed by atoms with E-state index >= 15 is 9.59 Å². The fourth-order valence-corrected chi connectivity index (χ4v) is 15.2. The summed E-state index contributed by atoms with van der Waals surface area (Å²) in [6.07, 6.45) is -0.227. The smallest absolute Gasteiger partial charge is 0.305 e. The molecule has 3 rings (SSSR count). The van der Waals surface area contributed by atoms with Crippen molar-refractivity contribution in [2.24, 2.45) is 66.9 Å². The summed E-state index contributed by atoms with van der Waals surface area (Å²) in [6.45, 7) is 6.70. The molecule has 30 N–H and O–H groups in total. The van der Waals surface area contributed by atoms with Gasteiger partial charge < -0.3 is 134 Å². The number of rotatable bonds is 39. The van der Waals surface area contributed by atoms with Gasteiger partial charge in [-0.2, -0.15) is 11.8 Å². The summed E-state index contributed by atoms with van der Waals surface area (Å²) in [5, 5.41) is 61.9. The van der Waals surface area contributed by atoms with Crippen molar-refractivity contribution in [2.75, 3.05) is 69.4 Å². The summed E-state index contributed by atoms with van der Waals surface area (Å²) in [4.78, 5) is 264. The summed E-state index contributed by atoms with van der Waals surface area (Å²) in [6, 6.07) is -21.9. The van der Waals surface area contributed by atoms with Gasteiger partial charge in [0.15, 0.2) is 17.9 Å². The lowest BCUT2D eigenvalue weighted by Gasteiger charge is -2.31. The monoisotopic (exact) mass is 1730 g/mol. The summed E-state index contributed by atoms with van der Waals surface area (Å²) >= 11 is 1.28. The number of carbonyl (C=O) groups excluding carboxylic acids is 16. The Labute approximate surface area is 693 Å². The molecule has 0 aromatic carbocycles. The Morgan fingerprint density at radius 1 is 0.551 bits per heavy atom. The zero-order valence-electron chi connectivity index (χ0n) is 67.1. The number of hydrogen-bond donors (Lipinski definition) is 23. The van der Waals surface area contributed by atoms with Gasteiger partial charge >= 0.3 is 11.9 Å². The number of nitrogens with two attached hydrogens (primary N) is 7. The van der Waals surface area contributed by atoms with Crippen LogP contribution in [0.25, 0.3) is 0 Å². The van der Waals surface area contributed by atoms with Crippen LogP contribution in [0.3, 0.4) is 0 Å². The van der Waals surface area contributed by atoms with Crippen LogP contribution in [0.1, 0.15) is 138 Å². The number of primary amides is 1. The van der Waals surface area contributed by atoms with Crippen molar-refractivity contribution in [3.8, 4) is 0 Å². The number of nitrogens with zero attached hydrogens (tertiary/aromatic N) is 5. The van der Waals surface area contributed by atoms with Gasteiger partial charge in [0.1, 0.15) is 84.6 Å². The van der Waals surface area contributed by atoms with Crippen molar-refractivity contribution >= 4 is 158 Å². The highest BCUT2D eigenvalue weighted by molar-refractivity contribution is 8.76. The quantitative estimate of drug-likeness (QED) is 0.0118. The van der Waals surface area contributed by atoms with Crippen LogP contribution < -0.4 is 109 Å². The number of carbonyl (C=O) groups is 18. The van der Waals surface area contributed by atoms with E-state index in [1.807, 2.05) is 0 Å². The fraction of sp³-hybridized carbons (Fsp3) is 0.696. The molecule has 0 aliphatic carbocycles. The number of aliphatic hydroxyl groups is 1. The first-order valence-electron chi connectivity index (χ1n) is 38.3. The second-order valence-electron chi connectivity index (χ2n) is 29.0. The van der Waals surface area contributed by atoms with Crippen LogP contribution in [-0.4, -0.2) is 303 Å². The Bertz CT molecular complexity index is 3610. The lowest BCUT2D eigenvalue weighted by molar-refractivity contribution is -0.146. The van der Waals surface area contributed by atoms with Crippen LogP contribution >= 0.6 is 33.3 Å². The predicted molar refractivity (Wildman–Crippen MR) is 434 cm³/mol. The first kappa shape index (κ1) is 101. The SMILES string of the molecule is CSCC[C@@H]1NC(=O)[C@@H](NC(=O)[C@H](CC(C)C)NC(=O)[C@H](C)NC(=O)[C@H](CO)NC(=O)[C@H](CC(=O)O)NC(C)=O)CSSC[C@@H](C(=O)N[C@@H](CC(=O)O)C(=O)N2CCC[C@H]2C(=O)N[C@@H](CCCN=C(N)N)C(N)=O)NC(=O)CNC(=O)[C@H](CCCN=C(N)N)NC(=O)[C@H](CC(C)C)NC(=O)[C@H](CCCN=C(N)N)NC(=O)[C@@H]2CCCN2C1=O. The largest absolute Gasteiger partial charge is 0.481 e. The average Bonchev–Trinajstić information content (AvgIpc) is 1.58. The van der Waals surface area contributed by atoms with E-state index < -0.39 is 234 Å². The molecule has 0 unspecified atom stereocenters. The molecule has 0 aromatic heterocycles. The Morgan fingerprint density at radius 3 is 1.65 bits per heavy atom. The van der Waals surface area contributed by atoms with Gasteiger partial charge in [0.05, 0.1) is 26.0 Å². The summed E-state index contributed by atoms with van der Waals surface area (Å²) in [7, 11) is 1.51. The third kappa shape index (κ3) is 36.8. The zero-order valence-corrected chi connectivity index (χ0v) is 69.6. The highest BCUT2D eigenvalue weighted by Gasteiger charge is 2.44. The second kappa shape index (κ2) is 52.2. The number of nitrogens with one attached hydrogen (secondary N) is 13. The number of aliphatic carboxylic acids is 2.